The molecular formula is C19H39N3O4Si. The summed E-state index contributed by atoms with van der Waals surface area (Å²) in [6, 6.07) is -0.621. The van der Waals surface area contributed by atoms with Crippen molar-refractivity contribution in [1.29, 1.82) is 0 Å². The quantitative estimate of drug-likeness (QED) is 0.545. The van der Waals surface area contributed by atoms with Crippen LogP contribution in [0.2, 0.25) is 19.1 Å². The first-order valence-corrected chi connectivity index (χ1v) is 12.8. The summed E-state index contributed by atoms with van der Waals surface area (Å²) in [5.74, 6) is -0.752. The zero-order valence-corrected chi connectivity index (χ0v) is 19.5. The van der Waals surface area contributed by atoms with Gasteiger partial charge in [0.1, 0.15) is 12.1 Å². The number of carbonyl (C=O) groups is 3. The summed E-state index contributed by atoms with van der Waals surface area (Å²) in [6.07, 6.45) is 0.910. The van der Waals surface area contributed by atoms with Gasteiger partial charge in [0, 0.05) is 27.6 Å². The van der Waals surface area contributed by atoms with Crippen LogP contribution in [0, 0.1) is 11.8 Å². The lowest BCUT2D eigenvalue weighted by Crippen LogP contribution is -2.57. The van der Waals surface area contributed by atoms with Crippen LogP contribution in [0.3, 0.4) is 0 Å². The molecule has 8 heteroatoms. The number of nitrogens with zero attached hydrogens (tertiary/aromatic N) is 2. The maximum Gasteiger partial charge on any atom is 0.244 e. The second kappa shape index (κ2) is 10.8. The molecule has 158 valence electrons. The van der Waals surface area contributed by atoms with Gasteiger partial charge in [-0.1, -0.05) is 27.7 Å². The predicted molar refractivity (Wildman–Crippen MR) is 111 cm³/mol. The highest BCUT2D eigenvalue weighted by Gasteiger charge is 2.34. The Hall–Kier alpha value is -1.41. The zero-order chi connectivity index (χ0) is 21.5. The summed E-state index contributed by atoms with van der Waals surface area (Å²) in [5.41, 5.74) is 0. The minimum absolute atomic E-state index is 0.0607. The summed E-state index contributed by atoms with van der Waals surface area (Å²) in [7, 11) is 2.77. The molecule has 0 heterocycles. The van der Waals surface area contributed by atoms with Gasteiger partial charge in [0.25, 0.3) is 0 Å². The summed E-state index contributed by atoms with van der Waals surface area (Å²) < 4.78 is 0. The van der Waals surface area contributed by atoms with Crippen molar-refractivity contribution < 1.29 is 19.2 Å². The lowest BCUT2D eigenvalue weighted by Gasteiger charge is -2.33. The third-order valence-electron chi connectivity index (χ3n) is 4.56. The molecule has 0 aliphatic rings. The maximum absolute atomic E-state index is 12.9. The van der Waals surface area contributed by atoms with Crippen LogP contribution in [-0.2, 0) is 14.4 Å². The summed E-state index contributed by atoms with van der Waals surface area (Å²) >= 11 is 0. The van der Waals surface area contributed by atoms with E-state index in [2.05, 4.69) is 5.32 Å². The highest BCUT2D eigenvalue weighted by atomic mass is 28.4. The normalized spacial score (nSPS) is 14.1. The minimum atomic E-state index is -2.18. The van der Waals surface area contributed by atoms with E-state index in [0.717, 1.165) is 0 Å². The van der Waals surface area contributed by atoms with Crippen LogP contribution in [-0.4, -0.2) is 73.9 Å². The van der Waals surface area contributed by atoms with Gasteiger partial charge < -0.3 is 19.9 Å². The summed E-state index contributed by atoms with van der Waals surface area (Å²) in [6.45, 7) is 11.2. The van der Waals surface area contributed by atoms with E-state index in [1.54, 1.807) is 21.1 Å². The van der Waals surface area contributed by atoms with E-state index < -0.39 is 20.4 Å². The molecule has 0 radical (unpaired) electrons. The number of nitrogens with one attached hydrogen (secondary N) is 1. The molecule has 0 saturated carbocycles. The Morgan fingerprint density at radius 2 is 1.52 bits per heavy atom. The topological polar surface area (TPSA) is 90.0 Å². The average Bonchev–Trinajstić information content (AvgIpc) is 2.49. The van der Waals surface area contributed by atoms with Crippen molar-refractivity contribution >= 4 is 26.0 Å². The summed E-state index contributed by atoms with van der Waals surface area (Å²) in [5, 5.41) is 2.84. The van der Waals surface area contributed by atoms with Crippen molar-refractivity contribution in [2.45, 2.75) is 71.8 Å². The average molecular weight is 402 g/mol. The van der Waals surface area contributed by atoms with Gasteiger partial charge >= 0.3 is 0 Å². The Morgan fingerprint density at radius 3 is 1.89 bits per heavy atom. The highest BCUT2D eigenvalue weighted by molar-refractivity contribution is 6.69. The number of likely N-dealkylation sites (N-methyl/N-ethyl adjacent to an activating group) is 2. The van der Waals surface area contributed by atoms with Crippen LogP contribution in [0.5, 0.6) is 0 Å². The fourth-order valence-electron chi connectivity index (χ4n) is 2.96. The second-order valence-electron chi connectivity index (χ2n) is 8.82. The molecule has 0 unspecified atom stereocenters. The van der Waals surface area contributed by atoms with Gasteiger partial charge in [-0.2, -0.15) is 0 Å². The maximum atomic E-state index is 12.9. The fraction of sp³-hybridized carbons (Fsp3) is 0.842. The SMILES string of the molecule is CC(C)[C@H](NC(=O)[C@H](C(C)C)N(C)C(=O)CCC[Si](C)(C)O)C(=O)N(C)C. The molecule has 0 fully saturated rings. The molecule has 0 aliphatic carbocycles. The first-order chi connectivity index (χ1) is 12.2. The molecule has 2 N–H and O–H groups in total. The number of rotatable bonds is 10. The predicted octanol–water partition coefficient (Wildman–Crippen LogP) is 1.68. The standard InChI is InChI=1S/C19H39N3O4Si/c1-13(2)16(19(25)21(5)6)20-18(24)17(14(3)4)22(7)15(23)11-10-12-27(8,9)26/h13-14,16-17,26H,10-12H2,1-9H3,(H,20,24)/t16-,17-/m0/s1. The Morgan fingerprint density at radius 1 is 1.00 bits per heavy atom. The van der Waals surface area contributed by atoms with Crippen molar-refractivity contribution in [2.24, 2.45) is 11.8 Å². The molecule has 0 spiro atoms. The van der Waals surface area contributed by atoms with E-state index in [1.165, 1.54) is 9.80 Å². The molecule has 2 atom stereocenters. The third kappa shape index (κ3) is 8.88. The van der Waals surface area contributed by atoms with Crippen LogP contribution in [0.4, 0.5) is 0 Å². The molecule has 27 heavy (non-hydrogen) atoms. The molecule has 0 rings (SSSR count). The summed E-state index contributed by atoms with van der Waals surface area (Å²) in [4.78, 5) is 50.7. The molecule has 0 aliphatic heterocycles. The van der Waals surface area contributed by atoms with Gasteiger partial charge in [-0.15, -0.1) is 0 Å². The third-order valence-corrected chi connectivity index (χ3v) is 6.14. The van der Waals surface area contributed by atoms with Crippen molar-refractivity contribution in [3.63, 3.8) is 0 Å². The lowest BCUT2D eigenvalue weighted by molar-refractivity contribution is -0.143. The van der Waals surface area contributed by atoms with Gasteiger partial charge in [-0.3, -0.25) is 14.4 Å². The first kappa shape index (κ1) is 25.6. The van der Waals surface area contributed by atoms with E-state index in [1.807, 2.05) is 40.8 Å². The molecular weight excluding hydrogens is 362 g/mol. The van der Waals surface area contributed by atoms with Crippen LogP contribution in [0.15, 0.2) is 0 Å². The largest absolute Gasteiger partial charge is 0.432 e. The number of amides is 3. The lowest BCUT2D eigenvalue weighted by atomic mass is 9.98. The Bertz CT molecular complexity index is 516. The van der Waals surface area contributed by atoms with Gasteiger partial charge in [0.05, 0.1) is 0 Å². The molecule has 0 aromatic rings. The van der Waals surface area contributed by atoms with Gasteiger partial charge in [-0.05, 0) is 37.4 Å². The van der Waals surface area contributed by atoms with Crippen molar-refractivity contribution in [3.05, 3.63) is 0 Å². The van der Waals surface area contributed by atoms with Crippen LogP contribution < -0.4 is 5.32 Å². The van der Waals surface area contributed by atoms with E-state index >= 15 is 0 Å². The van der Waals surface area contributed by atoms with Crippen molar-refractivity contribution in [3.8, 4) is 0 Å². The monoisotopic (exact) mass is 401 g/mol. The smallest absolute Gasteiger partial charge is 0.244 e. The second-order valence-corrected chi connectivity index (χ2v) is 12.9. The van der Waals surface area contributed by atoms with Gasteiger partial charge in [0.15, 0.2) is 8.32 Å². The molecule has 0 saturated heterocycles. The van der Waals surface area contributed by atoms with E-state index in [0.29, 0.717) is 18.9 Å². The Labute approximate surface area is 165 Å². The Balaban J connectivity index is 5.15. The van der Waals surface area contributed by atoms with Crippen molar-refractivity contribution in [2.75, 3.05) is 21.1 Å². The molecule has 7 nitrogen and oxygen atoms in total. The van der Waals surface area contributed by atoms with Gasteiger partial charge in [-0.25, -0.2) is 0 Å². The van der Waals surface area contributed by atoms with Crippen LogP contribution in [0.25, 0.3) is 0 Å². The van der Waals surface area contributed by atoms with E-state index in [9.17, 15) is 19.2 Å². The molecule has 0 bridgehead atoms. The number of hydrogen-bond donors (Lipinski definition) is 2. The van der Waals surface area contributed by atoms with Crippen molar-refractivity contribution in [1.82, 2.24) is 15.1 Å². The van der Waals surface area contributed by atoms with Crippen LogP contribution >= 0.6 is 0 Å². The minimum Gasteiger partial charge on any atom is -0.432 e. The fourth-order valence-corrected chi connectivity index (χ4v) is 4.00. The van der Waals surface area contributed by atoms with Crippen LogP contribution in [0.1, 0.15) is 40.5 Å². The van der Waals surface area contributed by atoms with E-state index in [4.69, 9.17) is 0 Å². The highest BCUT2D eigenvalue weighted by Crippen LogP contribution is 2.16. The number of hydrogen-bond acceptors (Lipinski definition) is 4. The zero-order valence-electron chi connectivity index (χ0n) is 18.5. The first-order valence-electron chi connectivity index (χ1n) is 9.68. The van der Waals surface area contributed by atoms with Gasteiger partial charge in [0.2, 0.25) is 17.7 Å². The Kier molecular flexibility index (Phi) is 10.2. The number of carbonyl (C=O) groups excluding carboxylic acids is 3. The molecule has 3 amide bonds. The molecule has 0 aromatic carbocycles. The molecule has 0 aromatic heterocycles. The van der Waals surface area contributed by atoms with E-state index in [-0.39, 0.29) is 29.6 Å².